The molecular weight excluding hydrogens is 387 g/mol. The van der Waals surface area contributed by atoms with Crippen LogP contribution in [0.5, 0.6) is 5.75 Å². The number of pyridine rings is 1. The van der Waals surface area contributed by atoms with Gasteiger partial charge in [0.2, 0.25) is 5.91 Å². The average Bonchev–Trinajstić information content (AvgIpc) is 3.01. The van der Waals surface area contributed by atoms with Crippen molar-refractivity contribution in [2.24, 2.45) is 0 Å². The van der Waals surface area contributed by atoms with E-state index in [0.29, 0.717) is 18.8 Å². The summed E-state index contributed by atoms with van der Waals surface area (Å²) >= 11 is 1.02. The molecule has 1 fully saturated rings. The number of amides is 2. The fourth-order valence-electron chi connectivity index (χ4n) is 2.78. The van der Waals surface area contributed by atoms with Gasteiger partial charge in [-0.25, -0.2) is 0 Å². The number of hydrogen-bond donors (Lipinski definition) is 2. The van der Waals surface area contributed by atoms with E-state index < -0.39 is 0 Å². The first-order valence-corrected chi connectivity index (χ1v) is 9.76. The van der Waals surface area contributed by atoms with Crippen molar-refractivity contribution < 1.29 is 19.4 Å². The Bertz CT molecular complexity index is 799. The van der Waals surface area contributed by atoms with Gasteiger partial charge in [0.1, 0.15) is 5.75 Å². The molecule has 144 valence electrons. The Morgan fingerprint density at radius 1 is 1.18 bits per heavy atom. The van der Waals surface area contributed by atoms with Crippen molar-refractivity contribution in [1.29, 1.82) is 0 Å². The number of thioether (sulfide) groups is 1. The van der Waals surface area contributed by atoms with Crippen molar-refractivity contribution in [2.75, 3.05) is 13.2 Å². The number of hydrogen-bond acceptors (Lipinski definition) is 6. The van der Waals surface area contributed by atoms with Crippen molar-refractivity contribution in [3.8, 4) is 5.75 Å². The summed E-state index contributed by atoms with van der Waals surface area (Å²) in [5.74, 6) is 0.250. The first kappa shape index (κ1) is 22.9. The molecule has 28 heavy (non-hydrogen) atoms. The van der Waals surface area contributed by atoms with Crippen LogP contribution in [0.15, 0.2) is 42.6 Å². The summed E-state index contributed by atoms with van der Waals surface area (Å²) in [6.45, 7) is 2.35. The summed E-state index contributed by atoms with van der Waals surface area (Å²) in [7, 11) is 0. The third-order valence-electron chi connectivity index (χ3n) is 4.46. The first-order valence-electron chi connectivity index (χ1n) is 8.88. The van der Waals surface area contributed by atoms with E-state index in [1.54, 1.807) is 0 Å². The van der Waals surface area contributed by atoms with Gasteiger partial charge in [0.15, 0.2) is 0 Å². The maximum atomic E-state index is 11.6. The summed E-state index contributed by atoms with van der Waals surface area (Å²) < 4.78 is 5.79. The zero-order chi connectivity index (χ0) is 19.2. The Kier molecular flexibility index (Phi) is 8.98. The number of benzene rings is 1. The first-order chi connectivity index (χ1) is 13.1. The van der Waals surface area contributed by atoms with Crippen LogP contribution >= 0.6 is 11.8 Å². The molecule has 1 aliphatic rings. The molecule has 0 spiro atoms. The summed E-state index contributed by atoms with van der Waals surface area (Å²) in [6, 6.07) is 11.4. The monoisotopic (exact) mass is 410 g/mol. The molecule has 3 rings (SSSR count). The molecule has 2 heterocycles. The second-order valence-corrected chi connectivity index (χ2v) is 7.54. The fraction of sp³-hybridized carbons (Fsp3) is 0.350. The number of aromatic nitrogens is 1. The molecule has 1 aromatic heterocycles. The van der Waals surface area contributed by atoms with E-state index in [9.17, 15) is 14.7 Å². The van der Waals surface area contributed by atoms with Crippen LogP contribution in [0, 0.1) is 0 Å². The zero-order valence-corrected chi connectivity index (χ0v) is 15.9. The second kappa shape index (κ2) is 11.0. The number of aliphatic hydroxyl groups excluding tert-OH is 1. The van der Waals surface area contributed by atoms with E-state index in [1.165, 1.54) is 0 Å². The minimum absolute atomic E-state index is 0. The third-order valence-corrected chi connectivity index (χ3v) is 5.44. The van der Waals surface area contributed by atoms with E-state index >= 15 is 0 Å². The van der Waals surface area contributed by atoms with Crippen molar-refractivity contribution in [3.05, 3.63) is 59.4 Å². The van der Waals surface area contributed by atoms with E-state index in [2.05, 4.69) is 17.2 Å². The Morgan fingerprint density at radius 3 is 2.43 bits per heavy atom. The molecule has 8 heteroatoms. The molecule has 2 unspecified atom stereocenters. The Labute approximate surface area is 190 Å². The van der Waals surface area contributed by atoms with Crippen LogP contribution < -0.4 is 10.1 Å². The molecule has 2 aromatic rings. The summed E-state index contributed by atoms with van der Waals surface area (Å²) in [5.41, 5.74) is 2.92. The normalized spacial score (nSPS) is 17.0. The van der Waals surface area contributed by atoms with Gasteiger partial charge in [-0.05, 0) is 42.2 Å². The summed E-state index contributed by atoms with van der Waals surface area (Å²) in [6.07, 6.45) is 3.25. The van der Waals surface area contributed by atoms with E-state index in [4.69, 9.17) is 4.74 Å². The van der Waals surface area contributed by atoms with Gasteiger partial charge < -0.3 is 9.84 Å². The van der Waals surface area contributed by atoms with Gasteiger partial charge >= 0.3 is 29.6 Å². The van der Waals surface area contributed by atoms with Gasteiger partial charge in [0.25, 0.3) is 5.24 Å². The Hall–Kier alpha value is -1.38. The van der Waals surface area contributed by atoms with Crippen LogP contribution in [-0.4, -0.2) is 69.3 Å². The fourth-order valence-corrected chi connectivity index (χ4v) is 3.64. The number of aryl methyl sites for hydroxylation is 1. The predicted molar refractivity (Wildman–Crippen MR) is 111 cm³/mol. The average molecular weight is 410 g/mol. The Morgan fingerprint density at radius 2 is 1.89 bits per heavy atom. The molecule has 2 atom stereocenters. The van der Waals surface area contributed by atoms with Crippen LogP contribution in [0.3, 0.4) is 0 Å². The molecule has 0 aliphatic carbocycles. The van der Waals surface area contributed by atoms with E-state index in [1.807, 2.05) is 42.6 Å². The second-order valence-electron chi connectivity index (χ2n) is 6.37. The van der Waals surface area contributed by atoms with Crippen molar-refractivity contribution >= 4 is 52.5 Å². The van der Waals surface area contributed by atoms with Crippen LogP contribution in [0.4, 0.5) is 4.79 Å². The molecule has 0 saturated carbocycles. The van der Waals surface area contributed by atoms with Crippen LogP contribution in [-0.2, 0) is 17.6 Å². The quantitative estimate of drug-likeness (QED) is 0.648. The molecule has 1 saturated heterocycles. The summed E-state index contributed by atoms with van der Waals surface area (Å²) in [4.78, 5) is 27.3. The zero-order valence-electron chi connectivity index (χ0n) is 15.1. The molecule has 2 N–H and O–H groups in total. The van der Waals surface area contributed by atoms with Crippen molar-refractivity contribution in [3.63, 3.8) is 0 Å². The molecule has 6 nitrogen and oxygen atoms in total. The third kappa shape index (κ3) is 6.06. The van der Waals surface area contributed by atoms with Gasteiger partial charge in [-0.2, -0.15) is 0 Å². The molecule has 1 aromatic carbocycles. The molecule has 1 aliphatic heterocycles. The number of aliphatic hydroxyl groups is 1. The van der Waals surface area contributed by atoms with Gasteiger partial charge in [0, 0.05) is 11.9 Å². The standard InChI is InChI=1S/C20H22N2O4S.Na.H/c1-2-13-5-8-17(21-10-13)15(11-23)12-26-16-6-3-14(4-7-16)9-18-19(24)22-20(25)27-18;;/h3-8,10,15,18,23H,2,9,11-12H2,1H3,(H,22,24,25);;. The number of ether oxygens (including phenoxy) is 1. The van der Waals surface area contributed by atoms with E-state index in [0.717, 1.165) is 35.0 Å². The number of rotatable bonds is 8. The van der Waals surface area contributed by atoms with Gasteiger partial charge in [-0.3, -0.25) is 19.9 Å². The SMILES string of the molecule is CCc1ccc(C(CO)COc2ccc(CC3SC(=O)NC3=O)cc2)nc1.[NaH]. The van der Waals surface area contributed by atoms with Crippen molar-refractivity contribution in [1.82, 2.24) is 10.3 Å². The van der Waals surface area contributed by atoms with Gasteiger partial charge in [-0.15, -0.1) is 0 Å². The van der Waals surface area contributed by atoms with Crippen molar-refractivity contribution in [2.45, 2.75) is 30.9 Å². The number of carbonyl (C=O) groups excluding carboxylic acids is 2. The number of imide groups is 1. The molecule has 0 radical (unpaired) electrons. The van der Waals surface area contributed by atoms with Gasteiger partial charge in [0.05, 0.1) is 24.4 Å². The number of carbonyl (C=O) groups is 2. The predicted octanol–water partition coefficient (Wildman–Crippen LogP) is 2.04. The van der Waals surface area contributed by atoms with E-state index in [-0.39, 0.29) is 58.5 Å². The van der Waals surface area contributed by atoms with Crippen LogP contribution in [0.25, 0.3) is 0 Å². The maximum absolute atomic E-state index is 11.6. The molecular formula is C20H23N2NaO4S. The minimum atomic E-state index is -0.375. The molecule has 2 amide bonds. The topological polar surface area (TPSA) is 88.5 Å². The van der Waals surface area contributed by atoms with Gasteiger partial charge in [-0.1, -0.05) is 36.9 Å². The van der Waals surface area contributed by atoms with Crippen LogP contribution in [0.1, 0.15) is 29.7 Å². The van der Waals surface area contributed by atoms with Crippen LogP contribution in [0.2, 0.25) is 0 Å². The molecule has 0 bridgehead atoms. The number of nitrogens with one attached hydrogen (secondary N) is 1. The number of nitrogens with zero attached hydrogens (tertiary/aromatic N) is 1. The summed E-state index contributed by atoms with van der Waals surface area (Å²) in [5, 5.41) is 11.3. The Balaban J connectivity index is 0.00000280.